The number of hydrogen-bond acceptors (Lipinski definition) is 3. The third kappa shape index (κ3) is 5.80. The topological polar surface area (TPSA) is 28.2 Å². The standard InChI is InChI=1S/C14H25N3/c1-4-14(5-2)16-9-10-17(3)12-13-7-6-8-15-11-13/h6-8,11,14,16H,4-5,9-10,12H2,1-3H3. The lowest BCUT2D eigenvalue weighted by molar-refractivity contribution is 0.313. The first-order chi connectivity index (χ1) is 8.26. The van der Waals surface area contributed by atoms with Gasteiger partial charge in [-0.1, -0.05) is 19.9 Å². The molecular formula is C14H25N3. The first-order valence-corrected chi connectivity index (χ1v) is 6.57. The molecule has 0 amide bonds. The van der Waals surface area contributed by atoms with Gasteiger partial charge in [0.15, 0.2) is 0 Å². The van der Waals surface area contributed by atoms with Gasteiger partial charge in [-0.25, -0.2) is 0 Å². The monoisotopic (exact) mass is 235 g/mol. The van der Waals surface area contributed by atoms with Crippen LogP contribution in [0, 0.1) is 0 Å². The quantitative estimate of drug-likeness (QED) is 0.749. The van der Waals surface area contributed by atoms with E-state index in [0.29, 0.717) is 6.04 Å². The first kappa shape index (κ1) is 14.1. The predicted octanol–water partition coefficient (Wildman–Crippen LogP) is 2.29. The Labute approximate surface area is 105 Å². The molecule has 0 aliphatic heterocycles. The van der Waals surface area contributed by atoms with Gasteiger partial charge >= 0.3 is 0 Å². The van der Waals surface area contributed by atoms with Crippen LogP contribution in [0.15, 0.2) is 24.5 Å². The average molecular weight is 235 g/mol. The molecule has 3 heteroatoms. The Morgan fingerprint density at radius 3 is 2.71 bits per heavy atom. The van der Waals surface area contributed by atoms with E-state index in [0.717, 1.165) is 19.6 Å². The molecule has 1 heterocycles. The van der Waals surface area contributed by atoms with Gasteiger partial charge in [-0.3, -0.25) is 4.98 Å². The minimum Gasteiger partial charge on any atom is -0.313 e. The second kappa shape index (κ2) is 8.20. The van der Waals surface area contributed by atoms with E-state index in [9.17, 15) is 0 Å². The van der Waals surface area contributed by atoms with Crippen LogP contribution in [0.2, 0.25) is 0 Å². The maximum Gasteiger partial charge on any atom is 0.0312 e. The van der Waals surface area contributed by atoms with Gasteiger partial charge in [0.05, 0.1) is 0 Å². The summed E-state index contributed by atoms with van der Waals surface area (Å²) in [5.41, 5.74) is 1.28. The van der Waals surface area contributed by atoms with Gasteiger partial charge in [-0.15, -0.1) is 0 Å². The van der Waals surface area contributed by atoms with E-state index in [1.165, 1.54) is 18.4 Å². The Morgan fingerprint density at radius 1 is 1.35 bits per heavy atom. The van der Waals surface area contributed by atoms with Crippen LogP contribution in [0.5, 0.6) is 0 Å². The lowest BCUT2D eigenvalue weighted by Crippen LogP contribution is -2.35. The van der Waals surface area contributed by atoms with Crippen molar-refractivity contribution in [3.8, 4) is 0 Å². The van der Waals surface area contributed by atoms with Gasteiger partial charge in [0.25, 0.3) is 0 Å². The minimum absolute atomic E-state index is 0.668. The molecule has 0 atom stereocenters. The Kier molecular flexibility index (Phi) is 6.82. The van der Waals surface area contributed by atoms with E-state index in [1.54, 1.807) is 0 Å². The minimum atomic E-state index is 0.668. The summed E-state index contributed by atoms with van der Waals surface area (Å²) in [7, 11) is 2.15. The summed E-state index contributed by atoms with van der Waals surface area (Å²) in [6, 6.07) is 4.78. The van der Waals surface area contributed by atoms with Crippen molar-refractivity contribution < 1.29 is 0 Å². The largest absolute Gasteiger partial charge is 0.313 e. The molecule has 0 unspecified atom stereocenters. The third-order valence-electron chi connectivity index (χ3n) is 3.09. The van der Waals surface area contributed by atoms with Crippen LogP contribution in [0.3, 0.4) is 0 Å². The summed E-state index contributed by atoms with van der Waals surface area (Å²) in [5.74, 6) is 0. The van der Waals surface area contributed by atoms with E-state index >= 15 is 0 Å². The molecule has 0 saturated carbocycles. The third-order valence-corrected chi connectivity index (χ3v) is 3.09. The fourth-order valence-electron chi connectivity index (χ4n) is 1.92. The zero-order chi connectivity index (χ0) is 12.5. The van der Waals surface area contributed by atoms with Crippen molar-refractivity contribution in [3.05, 3.63) is 30.1 Å². The highest BCUT2D eigenvalue weighted by molar-refractivity contribution is 5.07. The van der Waals surface area contributed by atoms with Gasteiger partial charge < -0.3 is 10.2 Å². The Hall–Kier alpha value is -0.930. The molecule has 0 bridgehead atoms. The van der Waals surface area contributed by atoms with Gasteiger partial charge in [-0.05, 0) is 31.5 Å². The van der Waals surface area contributed by atoms with E-state index in [2.05, 4.69) is 42.2 Å². The molecule has 0 aromatic carbocycles. The molecule has 0 radical (unpaired) electrons. The van der Waals surface area contributed by atoms with Gasteiger partial charge in [-0.2, -0.15) is 0 Å². The van der Waals surface area contributed by atoms with E-state index in [1.807, 2.05) is 18.5 Å². The zero-order valence-electron chi connectivity index (χ0n) is 11.3. The predicted molar refractivity (Wildman–Crippen MR) is 72.9 cm³/mol. The molecule has 0 aliphatic rings. The molecule has 96 valence electrons. The average Bonchev–Trinajstić information content (AvgIpc) is 2.36. The summed E-state index contributed by atoms with van der Waals surface area (Å²) < 4.78 is 0. The molecule has 1 aromatic rings. The van der Waals surface area contributed by atoms with Crippen molar-refractivity contribution in [2.45, 2.75) is 39.3 Å². The number of likely N-dealkylation sites (N-methyl/N-ethyl adjacent to an activating group) is 1. The van der Waals surface area contributed by atoms with Crippen molar-refractivity contribution in [1.29, 1.82) is 0 Å². The van der Waals surface area contributed by atoms with Crippen LogP contribution >= 0.6 is 0 Å². The van der Waals surface area contributed by atoms with E-state index < -0.39 is 0 Å². The molecule has 17 heavy (non-hydrogen) atoms. The molecule has 1 rings (SSSR count). The Bertz CT molecular complexity index is 283. The lowest BCUT2D eigenvalue weighted by Gasteiger charge is -2.19. The van der Waals surface area contributed by atoms with Crippen LogP contribution in [0.25, 0.3) is 0 Å². The van der Waals surface area contributed by atoms with Crippen LogP contribution in [0.4, 0.5) is 0 Å². The van der Waals surface area contributed by atoms with Crippen LogP contribution in [-0.2, 0) is 6.54 Å². The van der Waals surface area contributed by atoms with Crippen molar-refractivity contribution in [2.75, 3.05) is 20.1 Å². The van der Waals surface area contributed by atoms with Crippen molar-refractivity contribution in [1.82, 2.24) is 15.2 Å². The Balaban J connectivity index is 2.19. The fourth-order valence-corrected chi connectivity index (χ4v) is 1.92. The van der Waals surface area contributed by atoms with Gasteiger partial charge in [0.2, 0.25) is 0 Å². The van der Waals surface area contributed by atoms with Crippen molar-refractivity contribution >= 4 is 0 Å². The number of hydrogen-bond donors (Lipinski definition) is 1. The van der Waals surface area contributed by atoms with E-state index in [4.69, 9.17) is 0 Å². The highest BCUT2D eigenvalue weighted by atomic mass is 15.1. The smallest absolute Gasteiger partial charge is 0.0312 e. The number of nitrogens with zero attached hydrogens (tertiary/aromatic N) is 2. The molecule has 1 N–H and O–H groups in total. The molecule has 1 aromatic heterocycles. The summed E-state index contributed by atoms with van der Waals surface area (Å²) in [6.07, 6.45) is 6.18. The number of rotatable bonds is 8. The maximum absolute atomic E-state index is 4.13. The molecule has 0 spiro atoms. The van der Waals surface area contributed by atoms with Crippen molar-refractivity contribution in [2.24, 2.45) is 0 Å². The fraction of sp³-hybridized carbons (Fsp3) is 0.643. The Morgan fingerprint density at radius 2 is 2.12 bits per heavy atom. The number of aromatic nitrogens is 1. The second-order valence-corrected chi connectivity index (χ2v) is 4.57. The summed E-state index contributed by atoms with van der Waals surface area (Å²) >= 11 is 0. The second-order valence-electron chi connectivity index (χ2n) is 4.57. The van der Waals surface area contributed by atoms with Crippen LogP contribution < -0.4 is 5.32 Å². The van der Waals surface area contributed by atoms with E-state index in [-0.39, 0.29) is 0 Å². The maximum atomic E-state index is 4.13. The normalized spacial score (nSPS) is 11.4. The summed E-state index contributed by atoms with van der Waals surface area (Å²) in [6.45, 7) is 7.58. The molecule has 0 saturated heterocycles. The zero-order valence-corrected chi connectivity index (χ0v) is 11.3. The number of pyridine rings is 1. The SMILES string of the molecule is CCC(CC)NCCN(C)Cc1cccnc1. The molecular weight excluding hydrogens is 210 g/mol. The van der Waals surface area contributed by atoms with Gasteiger partial charge in [0.1, 0.15) is 0 Å². The molecule has 0 fully saturated rings. The number of nitrogens with one attached hydrogen (secondary N) is 1. The molecule has 0 aliphatic carbocycles. The first-order valence-electron chi connectivity index (χ1n) is 6.57. The van der Waals surface area contributed by atoms with Crippen LogP contribution in [0.1, 0.15) is 32.3 Å². The summed E-state index contributed by atoms with van der Waals surface area (Å²) in [5, 5.41) is 3.58. The van der Waals surface area contributed by atoms with Crippen LogP contribution in [-0.4, -0.2) is 36.1 Å². The van der Waals surface area contributed by atoms with Gasteiger partial charge in [0, 0.05) is 38.1 Å². The molecule has 3 nitrogen and oxygen atoms in total. The highest BCUT2D eigenvalue weighted by Gasteiger charge is 2.03. The lowest BCUT2D eigenvalue weighted by atomic mass is 10.2. The summed E-state index contributed by atoms with van der Waals surface area (Å²) in [4.78, 5) is 6.46. The van der Waals surface area contributed by atoms with Crippen molar-refractivity contribution in [3.63, 3.8) is 0 Å². The highest BCUT2D eigenvalue weighted by Crippen LogP contribution is 2.00.